The molecule has 0 spiro atoms. The van der Waals surface area contributed by atoms with Crippen molar-refractivity contribution in [1.29, 1.82) is 0 Å². The standard InChI is InChI=1S/C14H28S/c1-6-11-14(4,15-5)12-9-8-10-13(3)7-2/h3,6-12H2,1-2,4-5H3. The van der Waals surface area contributed by atoms with Crippen molar-refractivity contribution in [2.45, 2.75) is 70.5 Å². The highest BCUT2D eigenvalue weighted by Gasteiger charge is 2.20. The van der Waals surface area contributed by atoms with Crippen LogP contribution in [0.4, 0.5) is 0 Å². The van der Waals surface area contributed by atoms with Crippen LogP contribution in [0.1, 0.15) is 65.7 Å². The van der Waals surface area contributed by atoms with Gasteiger partial charge in [0.1, 0.15) is 0 Å². The molecule has 0 rings (SSSR count). The highest BCUT2D eigenvalue weighted by atomic mass is 32.2. The second kappa shape index (κ2) is 8.27. The van der Waals surface area contributed by atoms with Gasteiger partial charge in [-0.2, -0.15) is 11.8 Å². The van der Waals surface area contributed by atoms with Gasteiger partial charge in [-0.25, -0.2) is 0 Å². The average Bonchev–Trinajstić information content (AvgIpc) is 2.24. The van der Waals surface area contributed by atoms with E-state index in [0.29, 0.717) is 4.75 Å². The second-order valence-electron chi connectivity index (χ2n) is 4.71. The molecule has 0 aliphatic rings. The van der Waals surface area contributed by atoms with Gasteiger partial charge in [-0.05, 0) is 38.4 Å². The predicted octanol–water partition coefficient (Wildman–Crippen LogP) is 5.43. The minimum absolute atomic E-state index is 0.516. The minimum atomic E-state index is 0.516. The molecule has 15 heavy (non-hydrogen) atoms. The number of hydrogen-bond donors (Lipinski definition) is 0. The summed E-state index contributed by atoms with van der Waals surface area (Å²) in [5, 5.41) is 0. The van der Waals surface area contributed by atoms with Gasteiger partial charge in [-0.1, -0.05) is 45.8 Å². The van der Waals surface area contributed by atoms with Crippen molar-refractivity contribution in [2.75, 3.05) is 6.26 Å². The summed E-state index contributed by atoms with van der Waals surface area (Å²) in [6, 6.07) is 0. The maximum absolute atomic E-state index is 4.06. The third kappa shape index (κ3) is 7.05. The van der Waals surface area contributed by atoms with Gasteiger partial charge < -0.3 is 0 Å². The van der Waals surface area contributed by atoms with Crippen molar-refractivity contribution in [1.82, 2.24) is 0 Å². The molecular formula is C14H28S. The second-order valence-corrected chi connectivity index (χ2v) is 6.11. The van der Waals surface area contributed by atoms with Gasteiger partial charge in [0.05, 0.1) is 0 Å². The molecule has 1 unspecified atom stereocenters. The van der Waals surface area contributed by atoms with E-state index in [0.717, 1.165) is 6.42 Å². The lowest BCUT2D eigenvalue weighted by Crippen LogP contribution is -2.18. The van der Waals surface area contributed by atoms with E-state index < -0.39 is 0 Å². The molecular weight excluding hydrogens is 200 g/mol. The first-order chi connectivity index (χ1) is 7.08. The minimum Gasteiger partial charge on any atom is -0.159 e. The topological polar surface area (TPSA) is 0 Å². The van der Waals surface area contributed by atoms with Gasteiger partial charge >= 0.3 is 0 Å². The molecule has 90 valence electrons. The van der Waals surface area contributed by atoms with Gasteiger partial charge in [0.25, 0.3) is 0 Å². The van der Waals surface area contributed by atoms with Gasteiger partial charge in [-0.15, -0.1) is 0 Å². The summed E-state index contributed by atoms with van der Waals surface area (Å²) in [5.41, 5.74) is 1.41. The number of hydrogen-bond acceptors (Lipinski definition) is 1. The largest absolute Gasteiger partial charge is 0.159 e. The molecule has 0 aliphatic heterocycles. The van der Waals surface area contributed by atoms with Crippen LogP contribution >= 0.6 is 11.8 Å². The van der Waals surface area contributed by atoms with Gasteiger partial charge in [0.2, 0.25) is 0 Å². The Labute approximate surface area is 101 Å². The van der Waals surface area contributed by atoms with Crippen molar-refractivity contribution < 1.29 is 0 Å². The fourth-order valence-electron chi connectivity index (χ4n) is 1.91. The van der Waals surface area contributed by atoms with E-state index >= 15 is 0 Å². The van der Waals surface area contributed by atoms with Gasteiger partial charge in [-0.3, -0.25) is 0 Å². The average molecular weight is 228 g/mol. The summed E-state index contributed by atoms with van der Waals surface area (Å²) in [7, 11) is 0. The van der Waals surface area contributed by atoms with E-state index in [2.05, 4.69) is 33.6 Å². The Balaban J connectivity index is 3.67. The Bertz CT molecular complexity index is 174. The van der Waals surface area contributed by atoms with Crippen LogP contribution in [0, 0.1) is 0 Å². The van der Waals surface area contributed by atoms with E-state index in [1.165, 1.54) is 44.1 Å². The Kier molecular flexibility index (Phi) is 8.32. The highest BCUT2D eigenvalue weighted by molar-refractivity contribution is 7.99. The Morgan fingerprint density at radius 1 is 1.20 bits per heavy atom. The van der Waals surface area contributed by atoms with Crippen molar-refractivity contribution in [2.24, 2.45) is 0 Å². The maximum atomic E-state index is 4.06. The van der Waals surface area contributed by atoms with Gasteiger partial charge in [0.15, 0.2) is 0 Å². The van der Waals surface area contributed by atoms with Crippen LogP contribution in [0.2, 0.25) is 0 Å². The summed E-state index contributed by atoms with van der Waals surface area (Å²) in [6.07, 6.45) is 11.3. The van der Waals surface area contributed by atoms with Crippen LogP contribution in [0.3, 0.4) is 0 Å². The molecule has 0 aliphatic carbocycles. The van der Waals surface area contributed by atoms with Crippen molar-refractivity contribution in [3.63, 3.8) is 0 Å². The maximum Gasteiger partial charge on any atom is 0.0129 e. The first kappa shape index (κ1) is 15.1. The summed E-state index contributed by atoms with van der Waals surface area (Å²) in [6.45, 7) is 11.0. The molecule has 0 amide bonds. The molecule has 0 aromatic heterocycles. The van der Waals surface area contributed by atoms with Crippen LogP contribution < -0.4 is 0 Å². The number of rotatable bonds is 9. The lowest BCUT2D eigenvalue weighted by molar-refractivity contribution is 0.504. The molecule has 0 nitrogen and oxygen atoms in total. The van der Waals surface area contributed by atoms with E-state index in [1.54, 1.807) is 0 Å². The monoisotopic (exact) mass is 228 g/mol. The van der Waals surface area contributed by atoms with Gasteiger partial charge in [0, 0.05) is 4.75 Å². The highest BCUT2D eigenvalue weighted by Crippen LogP contribution is 2.33. The summed E-state index contributed by atoms with van der Waals surface area (Å²) < 4.78 is 0.516. The van der Waals surface area contributed by atoms with Crippen molar-refractivity contribution >= 4 is 11.8 Å². The normalized spacial score (nSPS) is 14.9. The fourth-order valence-corrected chi connectivity index (χ4v) is 2.67. The van der Waals surface area contributed by atoms with Crippen LogP contribution in [0.15, 0.2) is 12.2 Å². The van der Waals surface area contributed by atoms with Crippen LogP contribution in [0.25, 0.3) is 0 Å². The quantitative estimate of drug-likeness (QED) is 0.374. The smallest absolute Gasteiger partial charge is 0.0129 e. The third-order valence-electron chi connectivity index (χ3n) is 3.26. The molecule has 0 aromatic carbocycles. The molecule has 0 heterocycles. The zero-order valence-electron chi connectivity index (χ0n) is 11.1. The third-order valence-corrected chi connectivity index (χ3v) is 4.65. The van der Waals surface area contributed by atoms with Crippen molar-refractivity contribution in [3.8, 4) is 0 Å². The predicted molar refractivity (Wildman–Crippen MR) is 74.7 cm³/mol. The zero-order chi connectivity index (χ0) is 11.7. The number of thioether (sulfide) groups is 1. The summed E-state index contributed by atoms with van der Waals surface area (Å²) in [4.78, 5) is 0. The van der Waals surface area contributed by atoms with E-state index in [4.69, 9.17) is 0 Å². The SMILES string of the molecule is C=C(CC)CCCCC(C)(CCC)SC. The molecule has 1 heteroatoms. The number of allylic oxidation sites excluding steroid dienone is 1. The molecule has 0 N–H and O–H groups in total. The summed E-state index contributed by atoms with van der Waals surface area (Å²) in [5.74, 6) is 0. The van der Waals surface area contributed by atoms with E-state index in [9.17, 15) is 0 Å². The van der Waals surface area contributed by atoms with E-state index in [-0.39, 0.29) is 0 Å². The number of unbranched alkanes of at least 4 members (excludes halogenated alkanes) is 1. The first-order valence-electron chi connectivity index (χ1n) is 6.29. The molecule has 0 bridgehead atoms. The molecule has 0 radical (unpaired) electrons. The molecule has 0 aromatic rings. The van der Waals surface area contributed by atoms with Crippen LogP contribution in [-0.2, 0) is 0 Å². The Hall–Kier alpha value is 0.0900. The lowest BCUT2D eigenvalue weighted by atomic mass is 9.96. The van der Waals surface area contributed by atoms with Crippen LogP contribution in [-0.4, -0.2) is 11.0 Å². The first-order valence-corrected chi connectivity index (χ1v) is 7.52. The van der Waals surface area contributed by atoms with E-state index in [1.807, 2.05) is 11.8 Å². The molecule has 0 saturated heterocycles. The molecule has 1 atom stereocenters. The molecule has 0 fully saturated rings. The Morgan fingerprint density at radius 2 is 1.87 bits per heavy atom. The van der Waals surface area contributed by atoms with Crippen LogP contribution in [0.5, 0.6) is 0 Å². The Morgan fingerprint density at radius 3 is 2.33 bits per heavy atom. The fraction of sp³-hybridized carbons (Fsp3) is 0.857. The summed E-state index contributed by atoms with van der Waals surface area (Å²) >= 11 is 2.04. The molecule has 0 saturated carbocycles. The van der Waals surface area contributed by atoms with Crippen molar-refractivity contribution in [3.05, 3.63) is 12.2 Å². The lowest BCUT2D eigenvalue weighted by Gasteiger charge is -2.27. The zero-order valence-corrected chi connectivity index (χ0v) is 11.9.